The molecule has 0 heterocycles. The maximum absolute atomic E-state index is 6.04. The van der Waals surface area contributed by atoms with Gasteiger partial charge in [0.2, 0.25) is 0 Å². The van der Waals surface area contributed by atoms with Crippen molar-refractivity contribution in [2.45, 2.75) is 43.7 Å². The van der Waals surface area contributed by atoms with Gasteiger partial charge in [-0.05, 0) is 56.3 Å². The molecule has 0 saturated heterocycles. The molecule has 3 heteroatoms. The second-order valence-corrected chi connectivity index (χ2v) is 6.52. The molecule has 0 atom stereocenters. The molecule has 2 aliphatic rings. The highest BCUT2D eigenvalue weighted by atomic mass is 35.5. The first kappa shape index (κ1) is 13.4. The van der Waals surface area contributed by atoms with E-state index in [1.165, 1.54) is 37.8 Å². The lowest BCUT2D eigenvalue weighted by molar-refractivity contribution is 0.262. The van der Waals surface area contributed by atoms with Crippen molar-refractivity contribution in [2.75, 3.05) is 20.1 Å². The van der Waals surface area contributed by atoms with Crippen LogP contribution in [0.4, 0.5) is 0 Å². The summed E-state index contributed by atoms with van der Waals surface area (Å²) in [6.45, 7) is 2.31. The third-order valence-electron chi connectivity index (χ3n) is 4.53. The Morgan fingerprint density at radius 3 is 2.79 bits per heavy atom. The van der Waals surface area contributed by atoms with Crippen molar-refractivity contribution < 1.29 is 0 Å². The molecule has 2 fully saturated rings. The van der Waals surface area contributed by atoms with Gasteiger partial charge in [0, 0.05) is 30.2 Å². The van der Waals surface area contributed by atoms with Crippen LogP contribution < -0.4 is 5.32 Å². The molecule has 0 amide bonds. The van der Waals surface area contributed by atoms with Crippen LogP contribution in [0.2, 0.25) is 5.02 Å². The van der Waals surface area contributed by atoms with E-state index in [2.05, 4.69) is 35.5 Å². The van der Waals surface area contributed by atoms with Crippen LogP contribution in [0.1, 0.15) is 37.2 Å². The molecule has 0 aliphatic heterocycles. The molecule has 0 spiro atoms. The Bertz CT molecular complexity index is 425. The first-order valence-electron chi connectivity index (χ1n) is 7.41. The largest absolute Gasteiger partial charge is 0.313 e. The number of halogens is 1. The summed E-state index contributed by atoms with van der Waals surface area (Å²) in [5.74, 6) is 0.706. The molecule has 1 N–H and O–H groups in total. The average molecular weight is 279 g/mol. The fraction of sp³-hybridized carbons (Fsp3) is 0.625. The first-order valence-corrected chi connectivity index (χ1v) is 7.79. The summed E-state index contributed by atoms with van der Waals surface area (Å²) >= 11 is 6.04. The molecule has 1 aromatic carbocycles. The summed E-state index contributed by atoms with van der Waals surface area (Å²) in [6, 6.07) is 9.91. The molecule has 2 saturated carbocycles. The van der Waals surface area contributed by atoms with Gasteiger partial charge in [0.15, 0.2) is 0 Å². The zero-order valence-corrected chi connectivity index (χ0v) is 12.4. The zero-order valence-electron chi connectivity index (χ0n) is 11.6. The van der Waals surface area contributed by atoms with Gasteiger partial charge in [-0.25, -0.2) is 0 Å². The summed E-state index contributed by atoms with van der Waals surface area (Å²) in [5.41, 5.74) is 1.40. The average Bonchev–Trinajstić information content (AvgIpc) is 3.15. The molecule has 104 valence electrons. The Morgan fingerprint density at radius 2 is 2.11 bits per heavy atom. The van der Waals surface area contributed by atoms with Gasteiger partial charge in [0.25, 0.3) is 0 Å². The van der Waals surface area contributed by atoms with E-state index in [9.17, 15) is 0 Å². The minimum absolute atomic E-state index is 0.705. The number of likely N-dealkylation sites (N-methyl/N-ethyl adjacent to an activating group) is 1. The van der Waals surface area contributed by atoms with Gasteiger partial charge in [0.1, 0.15) is 0 Å². The minimum Gasteiger partial charge on any atom is -0.313 e. The molecule has 0 radical (unpaired) electrons. The smallest absolute Gasteiger partial charge is 0.0408 e. The van der Waals surface area contributed by atoms with Crippen LogP contribution in [0.5, 0.6) is 0 Å². The second kappa shape index (κ2) is 5.82. The molecule has 0 aromatic heterocycles. The third kappa shape index (κ3) is 3.50. The van der Waals surface area contributed by atoms with E-state index >= 15 is 0 Å². The number of hydrogen-bond donors (Lipinski definition) is 1. The van der Waals surface area contributed by atoms with Gasteiger partial charge >= 0.3 is 0 Å². The number of rotatable bonds is 6. The lowest BCUT2D eigenvalue weighted by Gasteiger charge is -2.37. The van der Waals surface area contributed by atoms with E-state index in [1.807, 2.05) is 6.07 Å². The Labute approximate surface area is 121 Å². The standard InChI is InChI=1S/C16H23ClN2/c1-19(16-5-6-16)8-7-18-15-10-13(11-15)12-3-2-4-14(17)9-12/h2-4,9,13,15-16,18H,5-8,10-11H2,1H3. The van der Waals surface area contributed by atoms with Crippen molar-refractivity contribution in [2.24, 2.45) is 0 Å². The Morgan fingerprint density at radius 1 is 1.32 bits per heavy atom. The van der Waals surface area contributed by atoms with Crippen molar-refractivity contribution >= 4 is 11.6 Å². The molecule has 0 unspecified atom stereocenters. The van der Waals surface area contributed by atoms with Crippen molar-refractivity contribution in [3.63, 3.8) is 0 Å². The van der Waals surface area contributed by atoms with Gasteiger partial charge in [-0.1, -0.05) is 23.7 Å². The van der Waals surface area contributed by atoms with E-state index in [4.69, 9.17) is 11.6 Å². The Kier molecular flexibility index (Phi) is 4.11. The molecule has 1 aromatic rings. The van der Waals surface area contributed by atoms with Gasteiger partial charge in [-0.2, -0.15) is 0 Å². The third-order valence-corrected chi connectivity index (χ3v) is 4.76. The van der Waals surface area contributed by atoms with Crippen molar-refractivity contribution in [3.8, 4) is 0 Å². The molecule has 19 heavy (non-hydrogen) atoms. The molecular weight excluding hydrogens is 256 g/mol. The van der Waals surface area contributed by atoms with Crippen LogP contribution in [0.3, 0.4) is 0 Å². The topological polar surface area (TPSA) is 15.3 Å². The van der Waals surface area contributed by atoms with Crippen molar-refractivity contribution in [1.29, 1.82) is 0 Å². The van der Waals surface area contributed by atoms with Crippen LogP contribution in [-0.4, -0.2) is 37.1 Å². The lowest BCUT2D eigenvalue weighted by atomic mass is 9.76. The first-order chi connectivity index (χ1) is 9.22. The van der Waals surface area contributed by atoms with Crippen LogP contribution >= 0.6 is 11.6 Å². The Balaban J connectivity index is 1.36. The van der Waals surface area contributed by atoms with Gasteiger partial charge in [-0.3, -0.25) is 0 Å². The maximum atomic E-state index is 6.04. The predicted octanol–water partition coefficient (Wildman–Crippen LogP) is 3.27. The van der Waals surface area contributed by atoms with Gasteiger partial charge in [0.05, 0.1) is 0 Å². The molecule has 0 bridgehead atoms. The van der Waals surface area contributed by atoms with Crippen molar-refractivity contribution in [1.82, 2.24) is 10.2 Å². The summed E-state index contributed by atoms with van der Waals surface area (Å²) in [5, 5.41) is 4.53. The number of nitrogens with one attached hydrogen (secondary N) is 1. The number of nitrogens with zero attached hydrogens (tertiary/aromatic N) is 1. The van der Waals surface area contributed by atoms with E-state index < -0.39 is 0 Å². The molecular formula is C16H23ClN2. The van der Waals surface area contributed by atoms with E-state index in [-0.39, 0.29) is 0 Å². The zero-order chi connectivity index (χ0) is 13.2. The van der Waals surface area contributed by atoms with Gasteiger partial charge < -0.3 is 10.2 Å². The van der Waals surface area contributed by atoms with Crippen LogP contribution in [-0.2, 0) is 0 Å². The predicted molar refractivity (Wildman–Crippen MR) is 80.9 cm³/mol. The normalized spacial score (nSPS) is 26.5. The second-order valence-electron chi connectivity index (χ2n) is 6.09. The Hall–Kier alpha value is -0.570. The van der Waals surface area contributed by atoms with Crippen LogP contribution in [0.25, 0.3) is 0 Å². The van der Waals surface area contributed by atoms with Crippen molar-refractivity contribution in [3.05, 3.63) is 34.9 Å². The van der Waals surface area contributed by atoms with Crippen LogP contribution in [0.15, 0.2) is 24.3 Å². The van der Waals surface area contributed by atoms with E-state index in [0.29, 0.717) is 12.0 Å². The molecule has 2 aliphatic carbocycles. The maximum Gasteiger partial charge on any atom is 0.0408 e. The summed E-state index contributed by atoms with van der Waals surface area (Å²) in [4.78, 5) is 2.49. The fourth-order valence-electron chi connectivity index (χ4n) is 2.96. The SMILES string of the molecule is CN(CCNC1CC(c2cccc(Cl)c2)C1)C1CC1. The number of benzene rings is 1. The monoisotopic (exact) mass is 278 g/mol. The number of hydrogen-bond acceptors (Lipinski definition) is 2. The highest BCUT2D eigenvalue weighted by Crippen LogP contribution is 2.37. The van der Waals surface area contributed by atoms with Gasteiger partial charge in [-0.15, -0.1) is 0 Å². The highest BCUT2D eigenvalue weighted by molar-refractivity contribution is 6.30. The lowest BCUT2D eigenvalue weighted by Crippen LogP contribution is -2.43. The summed E-state index contributed by atoms with van der Waals surface area (Å²) < 4.78 is 0. The molecule has 2 nitrogen and oxygen atoms in total. The summed E-state index contributed by atoms with van der Waals surface area (Å²) in [6.07, 6.45) is 5.31. The van der Waals surface area contributed by atoms with E-state index in [0.717, 1.165) is 17.6 Å². The molecule has 3 rings (SSSR count). The quantitative estimate of drug-likeness (QED) is 0.859. The van der Waals surface area contributed by atoms with Crippen LogP contribution in [0, 0.1) is 0 Å². The highest BCUT2D eigenvalue weighted by Gasteiger charge is 2.30. The fourth-order valence-corrected chi connectivity index (χ4v) is 3.16. The van der Waals surface area contributed by atoms with E-state index in [1.54, 1.807) is 0 Å². The minimum atomic E-state index is 0.705. The summed E-state index contributed by atoms with van der Waals surface area (Å²) in [7, 11) is 2.24.